The monoisotopic (exact) mass is 442 g/mol. The number of nitrogens with one attached hydrogen (secondary N) is 3. The summed E-state index contributed by atoms with van der Waals surface area (Å²) in [4.78, 5) is 33.0. The number of benzene rings is 1. The van der Waals surface area contributed by atoms with Crippen LogP contribution in [0.2, 0.25) is 5.02 Å². The first-order chi connectivity index (χ1) is 14.5. The summed E-state index contributed by atoms with van der Waals surface area (Å²) in [6, 6.07) is 8.76. The average molecular weight is 443 g/mol. The summed E-state index contributed by atoms with van der Waals surface area (Å²) in [5.41, 5.74) is 1.63. The molecule has 2 amide bonds. The number of aromatic amines is 1. The first-order valence-electron chi connectivity index (χ1n) is 8.76. The van der Waals surface area contributed by atoms with Gasteiger partial charge in [0.2, 0.25) is 11.9 Å². The lowest BCUT2D eigenvalue weighted by molar-refractivity contribution is -0.115. The second-order valence-corrected chi connectivity index (χ2v) is 7.47. The molecule has 11 heteroatoms. The first-order valence-corrected chi connectivity index (χ1v) is 10.0. The molecule has 0 bridgehead atoms. The van der Waals surface area contributed by atoms with E-state index < -0.39 is 0 Å². The highest BCUT2D eigenvalue weighted by Gasteiger charge is 2.15. The van der Waals surface area contributed by atoms with Crippen LogP contribution in [0.1, 0.15) is 21.8 Å². The number of hydrogen-bond acceptors (Lipinski definition) is 7. The van der Waals surface area contributed by atoms with Gasteiger partial charge in [-0.3, -0.25) is 25.3 Å². The zero-order valence-corrected chi connectivity index (χ0v) is 17.2. The standard InChI is InChI=1S/C19H15ClN6O3S/c1-10-12(6-7-29-10)17(28)24-19-21-11(9-30-19)8-15(27)22-18-23-16(25-26-18)13-4-2-3-5-14(13)20/h2-7,9H,8H2,1H3,(H,21,24,28)(H2,22,23,25,26,27). The van der Waals surface area contributed by atoms with E-state index in [0.717, 1.165) is 0 Å². The fourth-order valence-electron chi connectivity index (χ4n) is 2.66. The molecule has 0 fully saturated rings. The van der Waals surface area contributed by atoms with E-state index in [4.69, 9.17) is 16.0 Å². The molecule has 4 rings (SSSR count). The number of halogens is 1. The Morgan fingerprint density at radius 3 is 2.80 bits per heavy atom. The van der Waals surface area contributed by atoms with Crippen LogP contribution in [0, 0.1) is 6.92 Å². The van der Waals surface area contributed by atoms with Crippen molar-refractivity contribution in [3.8, 4) is 11.4 Å². The third-order valence-electron chi connectivity index (χ3n) is 4.08. The Kier molecular flexibility index (Phi) is 5.59. The number of carbonyl (C=O) groups is 2. The molecule has 0 aliphatic carbocycles. The molecular formula is C19H15ClN6O3S. The molecule has 0 aliphatic rings. The van der Waals surface area contributed by atoms with Gasteiger partial charge in [-0.25, -0.2) is 4.98 Å². The first kappa shape index (κ1) is 19.8. The molecule has 1 aromatic carbocycles. The Labute approximate surface area is 179 Å². The third-order valence-corrected chi connectivity index (χ3v) is 5.22. The van der Waals surface area contributed by atoms with Gasteiger partial charge in [-0.05, 0) is 25.1 Å². The zero-order valence-electron chi connectivity index (χ0n) is 15.6. The molecule has 0 atom stereocenters. The van der Waals surface area contributed by atoms with Crippen LogP contribution >= 0.6 is 22.9 Å². The van der Waals surface area contributed by atoms with Crippen LogP contribution in [0.4, 0.5) is 11.1 Å². The summed E-state index contributed by atoms with van der Waals surface area (Å²) >= 11 is 7.37. The SMILES string of the molecule is Cc1occc1C(=O)Nc1nc(CC(=O)Nc2n[nH]c(-c3ccccc3Cl)n2)cs1. The Hall–Kier alpha value is -3.50. The van der Waals surface area contributed by atoms with Gasteiger partial charge in [0.05, 0.1) is 29.0 Å². The Morgan fingerprint density at radius 2 is 2.03 bits per heavy atom. The van der Waals surface area contributed by atoms with E-state index in [1.807, 2.05) is 12.1 Å². The number of rotatable bonds is 6. The van der Waals surface area contributed by atoms with Crippen molar-refractivity contribution in [2.75, 3.05) is 10.6 Å². The van der Waals surface area contributed by atoms with Crippen molar-refractivity contribution in [1.29, 1.82) is 0 Å². The maximum absolute atomic E-state index is 12.3. The minimum Gasteiger partial charge on any atom is -0.469 e. The van der Waals surface area contributed by atoms with Gasteiger partial charge in [0.1, 0.15) is 5.76 Å². The van der Waals surface area contributed by atoms with Gasteiger partial charge in [-0.15, -0.1) is 16.4 Å². The van der Waals surface area contributed by atoms with Crippen molar-refractivity contribution in [3.05, 3.63) is 64.0 Å². The van der Waals surface area contributed by atoms with Gasteiger partial charge in [-0.2, -0.15) is 4.98 Å². The number of anilines is 2. The molecule has 0 aliphatic heterocycles. The molecule has 9 nitrogen and oxygen atoms in total. The fraction of sp³-hybridized carbons (Fsp3) is 0.105. The lowest BCUT2D eigenvalue weighted by atomic mass is 10.2. The van der Waals surface area contributed by atoms with Crippen LogP contribution in [-0.4, -0.2) is 32.0 Å². The lowest BCUT2D eigenvalue weighted by Crippen LogP contribution is -2.16. The fourth-order valence-corrected chi connectivity index (χ4v) is 3.59. The molecule has 30 heavy (non-hydrogen) atoms. The van der Waals surface area contributed by atoms with E-state index in [2.05, 4.69) is 30.8 Å². The minimum absolute atomic E-state index is 0.00702. The molecule has 0 spiro atoms. The maximum atomic E-state index is 12.3. The van der Waals surface area contributed by atoms with Crippen LogP contribution in [0.25, 0.3) is 11.4 Å². The summed E-state index contributed by atoms with van der Waals surface area (Å²) in [5.74, 6) is 0.442. The topological polar surface area (TPSA) is 126 Å². The van der Waals surface area contributed by atoms with Crippen LogP contribution in [-0.2, 0) is 11.2 Å². The molecule has 0 saturated heterocycles. The second kappa shape index (κ2) is 8.47. The van der Waals surface area contributed by atoms with Gasteiger partial charge >= 0.3 is 0 Å². The number of aromatic nitrogens is 4. The minimum atomic E-state index is -0.339. The number of carbonyl (C=O) groups excluding carboxylic acids is 2. The summed E-state index contributed by atoms with van der Waals surface area (Å²) in [6.07, 6.45) is 1.45. The normalized spacial score (nSPS) is 10.7. The van der Waals surface area contributed by atoms with Crippen molar-refractivity contribution in [1.82, 2.24) is 20.2 Å². The Bertz CT molecular complexity index is 1210. The number of furan rings is 1. The van der Waals surface area contributed by atoms with Crippen molar-refractivity contribution in [2.45, 2.75) is 13.3 Å². The van der Waals surface area contributed by atoms with Gasteiger partial charge in [0.25, 0.3) is 5.91 Å². The highest BCUT2D eigenvalue weighted by atomic mass is 35.5. The second-order valence-electron chi connectivity index (χ2n) is 6.20. The smallest absolute Gasteiger partial charge is 0.260 e. The summed E-state index contributed by atoms with van der Waals surface area (Å²) in [6.45, 7) is 1.70. The average Bonchev–Trinajstić information content (AvgIpc) is 3.44. The molecule has 0 unspecified atom stereocenters. The number of H-pyrrole nitrogens is 1. The van der Waals surface area contributed by atoms with Crippen molar-refractivity contribution < 1.29 is 14.0 Å². The lowest BCUT2D eigenvalue weighted by Gasteiger charge is -2.00. The summed E-state index contributed by atoms with van der Waals surface area (Å²) in [7, 11) is 0. The van der Waals surface area contributed by atoms with E-state index in [0.29, 0.717) is 38.6 Å². The molecule has 0 saturated carbocycles. The van der Waals surface area contributed by atoms with E-state index in [1.54, 1.807) is 30.5 Å². The molecule has 0 radical (unpaired) electrons. The number of hydrogen-bond donors (Lipinski definition) is 3. The van der Waals surface area contributed by atoms with E-state index in [-0.39, 0.29) is 24.2 Å². The van der Waals surface area contributed by atoms with E-state index in [9.17, 15) is 9.59 Å². The van der Waals surface area contributed by atoms with E-state index >= 15 is 0 Å². The summed E-state index contributed by atoms with van der Waals surface area (Å²) < 4.78 is 5.12. The quantitative estimate of drug-likeness (QED) is 0.415. The van der Waals surface area contributed by atoms with Crippen molar-refractivity contribution in [2.24, 2.45) is 0 Å². The van der Waals surface area contributed by atoms with Gasteiger partial charge in [0, 0.05) is 10.9 Å². The largest absolute Gasteiger partial charge is 0.469 e. The Balaban J connectivity index is 1.36. The predicted molar refractivity (Wildman–Crippen MR) is 113 cm³/mol. The highest BCUT2D eigenvalue weighted by molar-refractivity contribution is 7.14. The maximum Gasteiger partial charge on any atom is 0.260 e. The number of nitrogens with zero attached hydrogens (tertiary/aromatic N) is 3. The molecular weight excluding hydrogens is 428 g/mol. The van der Waals surface area contributed by atoms with Gasteiger partial charge < -0.3 is 4.42 Å². The van der Waals surface area contributed by atoms with Gasteiger partial charge in [-0.1, -0.05) is 23.7 Å². The van der Waals surface area contributed by atoms with Crippen LogP contribution in [0.5, 0.6) is 0 Å². The van der Waals surface area contributed by atoms with E-state index in [1.165, 1.54) is 17.6 Å². The van der Waals surface area contributed by atoms with Crippen LogP contribution < -0.4 is 10.6 Å². The molecule has 152 valence electrons. The zero-order chi connectivity index (χ0) is 21.1. The van der Waals surface area contributed by atoms with Crippen molar-refractivity contribution in [3.63, 3.8) is 0 Å². The highest BCUT2D eigenvalue weighted by Crippen LogP contribution is 2.25. The third kappa shape index (κ3) is 4.39. The number of amides is 2. The predicted octanol–water partition coefficient (Wildman–Crippen LogP) is 3.92. The Morgan fingerprint density at radius 1 is 1.20 bits per heavy atom. The number of aryl methyl sites for hydroxylation is 1. The molecule has 3 N–H and O–H groups in total. The molecule has 3 heterocycles. The summed E-state index contributed by atoms with van der Waals surface area (Å²) in [5, 5.41) is 14.6. The van der Waals surface area contributed by atoms with Crippen LogP contribution in [0.15, 0.2) is 46.4 Å². The van der Waals surface area contributed by atoms with Crippen LogP contribution in [0.3, 0.4) is 0 Å². The molecule has 3 aromatic heterocycles. The van der Waals surface area contributed by atoms with Gasteiger partial charge in [0.15, 0.2) is 11.0 Å². The molecule has 4 aromatic rings. The van der Waals surface area contributed by atoms with Crippen molar-refractivity contribution >= 4 is 45.8 Å². The number of thiazole rings is 1.